The number of nitrogens with one attached hydrogen (secondary N) is 1. The topological polar surface area (TPSA) is 79.3 Å². The zero-order valence-corrected chi connectivity index (χ0v) is 14.1. The third-order valence-corrected chi connectivity index (χ3v) is 5.90. The van der Waals surface area contributed by atoms with Gasteiger partial charge in [-0.1, -0.05) is 23.9 Å². The molecule has 1 heterocycles. The lowest BCUT2D eigenvalue weighted by molar-refractivity contribution is -0.146. The Hall–Kier alpha value is -1.86. The fourth-order valence-corrected chi connectivity index (χ4v) is 4.21. The Morgan fingerprint density at radius 3 is 2.74 bits per heavy atom. The summed E-state index contributed by atoms with van der Waals surface area (Å²) >= 11 is 3.16. The maximum absolute atomic E-state index is 12.5. The van der Waals surface area contributed by atoms with Crippen molar-refractivity contribution in [1.29, 1.82) is 0 Å². The average molecular weight is 348 g/mol. The Balaban J connectivity index is 1.79. The van der Waals surface area contributed by atoms with E-state index in [4.69, 9.17) is 0 Å². The largest absolute Gasteiger partial charge is 0.481 e. The van der Waals surface area contributed by atoms with Crippen molar-refractivity contribution in [3.63, 3.8) is 0 Å². The van der Waals surface area contributed by atoms with Crippen LogP contribution in [-0.4, -0.2) is 28.2 Å². The Labute approximate surface area is 141 Å². The van der Waals surface area contributed by atoms with Crippen molar-refractivity contribution in [2.24, 2.45) is 11.8 Å². The molecule has 0 saturated carbocycles. The van der Waals surface area contributed by atoms with Gasteiger partial charge in [0.25, 0.3) is 0 Å². The monoisotopic (exact) mass is 348 g/mol. The minimum absolute atomic E-state index is 0.240. The molecular weight excluding hydrogens is 332 g/mol. The number of fused-ring (bicyclic) bond motifs is 1. The number of carboxylic acids is 1. The smallest absolute Gasteiger partial charge is 0.307 e. The predicted octanol–water partition coefficient (Wildman–Crippen LogP) is 3.62. The summed E-state index contributed by atoms with van der Waals surface area (Å²) in [6.07, 6.45) is 6.54. The first kappa shape index (κ1) is 16.0. The number of thiazole rings is 1. The van der Waals surface area contributed by atoms with Gasteiger partial charge >= 0.3 is 5.97 Å². The van der Waals surface area contributed by atoms with Crippen LogP contribution in [-0.2, 0) is 9.59 Å². The van der Waals surface area contributed by atoms with E-state index < -0.39 is 17.8 Å². The molecule has 5 nitrogen and oxygen atoms in total. The molecule has 1 aromatic heterocycles. The van der Waals surface area contributed by atoms with Gasteiger partial charge in [0, 0.05) is 5.69 Å². The standard InChI is InChI=1S/C16H16N2O3S2/c1-22-16-18-12-7-6-9(8-13(12)23-16)17-14(19)10-4-2-3-5-11(10)15(20)21/h2-3,6-8,10-11H,4-5H2,1H3,(H,17,19)(H,20,21)/t10-,11+/m1/s1. The molecule has 23 heavy (non-hydrogen) atoms. The van der Waals surface area contributed by atoms with E-state index >= 15 is 0 Å². The number of amides is 1. The maximum Gasteiger partial charge on any atom is 0.307 e. The number of nitrogens with zero attached hydrogens (tertiary/aromatic N) is 1. The molecule has 1 aliphatic carbocycles. The molecule has 0 unspecified atom stereocenters. The fraction of sp³-hybridized carbons (Fsp3) is 0.312. The van der Waals surface area contributed by atoms with Gasteiger partial charge in [-0.3, -0.25) is 9.59 Å². The van der Waals surface area contributed by atoms with Gasteiger partial charge in [0.1, 0.15) is 0 Å². The fourth-order valence-electron chi connectivity index (χ4n) is 2.68. The van der Waals surface area contributed by atoms with Crippen LogP contribution in [0.25, 0.3) is 10.2 Å². The first-order valence-corrected chi connectivity index (χ1v) is 9.26. The quantitative estimate of drug-likeness (QED) is 0.651. The summed E-state index contributed by atoms with van der Waals surface area (Å²) in [5.74, 6) is -2.35. The van der Waals surface area contributed by atoms with E-state index in [2.05, 4.69) is 10.3 Å². The van der Waals surface area contributed by atoms with Gasteiger partial charge < -0.3 is 10.4 Å². The lowest BCUT2D eigenvalue weighted by Crippen LogP contribution is -2.34. The van der Waals surface area contributed by atoms with E-state index in [1.165, 1.54) is 0 Å². The highest BCUT2D eigenvalue weighted by Gasteiger charge is 2.33. The first-order chi connectivity index (χ1) is 11.1. The molecule has 1 aromatic carbocycles. The van der Waals surface area contributed by atoms with E-state index in [1.54, 1.807) is 29.2 Å². The molecule has 7 heteroatoms. The molecular formula is C16H16N2O3S2. The van der Waals surface area contributed by atoms with Crippen LogP contribution in [0.1, 0.15) is 12.8 Å². The van der Waals surface area contributed by atoms with Gasteiger partial charge in [0.15, 0.2) is 4.34 Å². The zero-order chi connectivity index (χ0) is 16.4. The Bertz CT molecular complexity index is 785. The zero-order valence-electron chi connectivity index (χ0n) is 12.5. The van der Waals surface area contributed by atoms with Gasteiger partial charge in [-0.25, -0.2) is 4.98 Å². The second-order valence-corrected chi connectivity index (χ2v) is 7.43. The molecule has 0 spiro atoms. The highest BCUT2D eigenvalue weighted by Crippen LogP contribution is 2.31. The number of allylic oxidation sites excluding steroid dienone is 2. The average Bonchev–Trinajstić information content (AvgIpc) is 2.97. The van der Waals surface area contributed by atoms with Gasteiger partial charge in [0.2, 0.25) is 5.91 Å². The van der Waals surface area contributed by atoms with Crippen molar-refractivity contribution in [3.8, 4) is 0 Å². The van der Waals surface area contributed by atoms with Crippen LogP contribution in [0.2, 0.25) is 0 Å². The summed E-state index contributed by atoms with van der Waals surface area (Å²) in [7, 11) is 0. The minimum Gasteiger partial charge on any atom is -0.481 e. The normalized spacial score (nSPS) is 20.6. The summed E-state index contributed by atoms with van der Waals surface area (Å²) in [5, 5.41) is 12.1. The van der Waals surface area contributed by atoms with E-state index in [1.807, 2.05) is 30.5 Å². The highest BCUT2D eigenvalue weighted by atomic mass is 32.2. The number of carbonyl (C=O) groups excluding carboxylic acids is 1. The number of aromatic nitrogens is 1. The number of carbonyl (C=O) groups is 2. The third kappa shape index (κ3) is 3.40. The van der Waals surface area contributed by atoms with Crippen molar-refractivity contribution >= 4 is 50.9 Å². The molecule has 0 radical (unpaired) electrons. The number of carboxylic acid groups (broad SMARTS) is 1. The molecule has 1 aliphatic rings. The summed E-state index contributed by atoms with van der Waals surface area (Å²) < 4.78 is 1.98. The predicted molar refractivity (Wildman–Crippen MR) is 93.0 cm³/mol. The van der Waals surface area contributed by atoms with E-state index in [0.29, 0.717) is 18.5 Å². The number of hydrogen-bond donors (Lipinski definition) is 2. The molecule has 120 valence electrons. The van der Waals surface area contributed by atoms with Crippen molar-refractivity contribution in [2.45, 2.75) is 17.2 Å². The van der Waals surface area contributed by atoms with Crippen LogP contribution in [0, 0.1) is 11.8 Å². The Morgan fingerprint density at radius 2 is 2.04 bits per heavy atom. The Kier molecular flexibility index (Phi) is 4.68. The highest BCUT2D eigenvalue weighted by molar-refractivity contribution is 8.00. The summed E-state index contributed by atoms with van der Waals surface area (Å²) in [6.45, 7) is 0. The van der Waals surface area contributed by atoms with Crippen molar-refractivity contribution in [2.75, 3.05) is 11.6 Å². The van der Waals surface area contributed by atoms with Crippen LogP contribution < -0.4 is 5.32 Å². The van der Waals surface area contributed by atoms with Crippen LogP contribution in [0.5, 0.6) is 0 Å². The number of benzene rings is 1. The minimum atomic E-state index is -0.919. The summed E-state index contributed by atoms with van der Waals surface area (Å²) in [4.78, 5) is 28.2. The SMILES string of the molecule is CSc1nc2ccc(NC(=O)[C@@H]3CC=CC[C@@H]3C(=O)O)cc2s1. The lowest BCUT2D eigenvalue weighted by atomic mass is 9.82. The molecule has 0 aliphatic heterocycles. The molecule has 2 N–H and O–H groups in total. The number of anilines is 1. The number of hydrogen-bond acceptors (Lipinski definition) is 5. The Morgan fingerprint density at radius 1 is 1.30 bits per heavy atom. The second kappa shape index (κ2) is 6.72. The van der Waals surface area contributed by atoms with Crippen LogP contribution in [0.3, 0.4) is 0 Å². The third-order valence-electron chi connectivity index (χ3n) is 3.90. The van der Waals surface area contributed by atoms with E-state index in [-0.39, 0.29) is 5.91 Å². The molecule has 0 bridgehead atoms. The van der Waals surface area contributed by atoms with E-state index in [9.17, 15) is 14.7 Å². The van der Waals surface area contributed by atoms with Crippen LogP contribution in [0.15, 0.2) is 34.7 Å². The summed E-state index contributed by atoms with van der Waals surface area (Å²) in [6, 6.07) is 5.56. The second-order valence-electron chi connectivity index (χ2n) is 5.35. The van der Waals surface area contributed by atoms with Crippen LogP contribution >= 0.6 is 23.1 Å². The first-order valence-electron chi connectivity index (χ1n) is 7.21. The number of rotatable bonds is 4. The maximum atomic E-state index is 12.5. The van der Waals surface area contributed by atoms with Crippen LogP contribution in [0.4, 0.5) is 5.69 Å². The van der Waals surface area contributed by atoms with Gasteiger partial charge in [0.05, 0.1) is 22.1 Å². The molecule has 3 rings (SSSR count). The summed E-state index contributed by atoms with van der Waals surface area (Å²) in [5.41, 5.74) is 1.58. The van der Waals surface area contributed by atoms with E-state index in [0.717, 1.165) is 14.6 Å². The van der Waals surface area contributed by atoms with Gasteiger partial charge in [-0.15, -0.1) is 11.3 Å². The van der Waals surface area contributed by atoms with Crippen molar-refractivity contribution in [1.82, 2.24) is 4.98 Å². The van der Waals surface area contributed by atoms with Crippen molar-refractivity contribution < 1.29 is 14.7 Å². The van der Waals surface area contributed by atoms with Gasteiger partial charge in [-0.2, -0.15) is 0 Å². The molecule has 2 aromatic rings. The number of aliphatic carboxylic acids is 1. The molecule has 0 saturated heterocycles. The molecule has 2 atom stereocenters. The van der Waals surface area contributed by atoms with Gasteiger partial charge in [-0.05, 0) is 37.3 Å². The van der Waals surface area contributed by atoms with Crippen molar-refractivity contribution in [3.05, 3.63) is 30.4 Å². The lowest BCUT2D eigenvalue weighted by Gasteiger charge is -2.24. The number of thioether (sulfide) groups is 1. The molecule has 1 amide bonds. The molecule has 0 fully saturated rings.